The maximum absolute atomic E-state index is 11.0. The first-order valence-corrected chi connectivity index (χ1v) is 5.94. The van der Waals surface area contributed by atoms with E-state index in [1.54, 1.807) is 15.9 Å². The van der Waals surface area contributed by atoms with E-state index < -0.39 is 0 Å². The number of fused-ring (bicyclic) bond motifs is 1. The van der Waals surface area contributed by atoms with E-state index in [0.29, 0.717) is 5.69 Å². The predicted octanol–water partition coefficient (Wildman–Crippen LogP) is 2.12. The van der Waals surface area contributed by atoms with Gasteiger partial charge in [0.15, 0.2) is 6.29 Å². The van der Waals surface area contributed by atoms with Crippen LogP contribution in [0.5, 0.6) is 0 Å². The molecule has 2 aromatic rings. The van der Waals surface area contributed by atoms with Gasteiger partial charge in [0.1, 0.15) is 10.7 Å². The fourth-order valence-electron chi connectivity index (χ4n) is 1.53. The first kappa shape index (κ1) is 10.3. The van der Waals surface area contributed by atoms with Gasteiger partial charge in [0.25, 0.3) is 0 Å². The molecule has 0 atom stereocenters. The van der Waals surface area contributed by atoms with E-state index in [2.05, 4.69) is 17.0 Å². The predicted molar refractivity (Wildman–Crippen MR) is 59.6 cm³/mol. The first-order chi connectivity index (χ1) is 7.30. The Labute approximate surface area is 91.9 Å². The van der Waals surface area contributed by atoms with Crippen molar-refractivity contribution < 1.29 is 4.79 Å². The van der Waals surface area contributed by atoms with Crippen molar-refractivity contribution in [3.8, 4) is 0 Å². The molecule has 0 aliphatic heterocycles. The molecule has 0 amide bonds. The van der Waals surface area contributed by atoms with Crippen molar-refractivity contribution in [2.75, 3.05) is 0 Å². The Kier molecular flexibility index (Phi) is 2.81. The molecule has 0 radical (unpaired) electrons. The molecule has 4 nitrogen and oxygen atoms in total. The van der Waals surface area contributed by atoms with Gasteiger partial charge >= 0.3 is 0 Å². The molecule has 0 saturated heterocycles. The summed E-state index contributed by atoms with van der Waals surface area (Å²) in [6.45, 7) is 4.12. The lowest BCUT2D eigenvalue weighted by Crippen LogP contribution is -1.97. The van der Waals surface area contributed by atoms with E-state index in [-0.39, 0.29) is 0 Å². The molecule has 0 aliphatic carbocycles. The van der Waals surface area contributed by atoms with Crippen LogP contribution in [0.25, 0.3) is 4.96 Å². The van der Waals surface area contributed by atoms with Crippen molar-refractivity contribution in [3.63, 3.8) is 0 Å². The average Bonchev–Trinajstić information content (AvgIpc) is 2.74. The van der Waals surface area contributed by atoms with Gasteiger partial charge in [-0.25, -0.2) is 4.98 Å². The third kappa shape index (κ3) is 1.67. The second kappa shape index (κ2) is 4.10. The maximum atomic E-state index is 11.0. The van der Waals surface area contributed by atoms with Gasteiger partial charge in [0, 0.05) is 0 Å². The molecule has 15 heavy (non-hydrogen) atoms. The van der Waals surface area contributed by atoms with Crippen LogP contribution in [0.15, 0.2) is 0 Å². The van der Waals surface area contributed by atoms with E-state index in [1.165, 1.54) is 0 Å². The van der Waals surface area contributed by atoms with Crippen molar-refractivity contribution >= 4 is 22.6 Å². The Balaban J connectivity index is 2.56. The molecule has 0 bridgehead atoms. The quantitative estimate of drug-likeness (QED) is 0.746. The van der Waals surface area contributed by atoms with Crippen molar-refractivity contribution in [2.24, 2.45) is 0 Å². The fourth-order valence-corrected chi connectivity index (χ4v) is 2.39. The summed E-state index contributed by atoms with van der Waals surface area (Å²) in [4.78, 5) is 16.2. The summed E-state index contributed by atoms with van der Waals surface area (Å²) < 4.78 is 1.67. The highest BCUT2D eigenvalue weighted by Crippen LogP contribution is 2.19. The summed E-state index contributed by atoms with van der Waals surface area (Å²) in [5, 5.41) is 5.36. The van der Waals surface area contributed by atoms with Crippen LogP contribution in [0.2, 0.25) is 0 Å². The number of imidazole rings is 1. The monoisotopic (exact) mass is 223 g/mol. The smallest absolute Gasteiger partial charge is 0.213 e. The van der Waals surface area contributed by atoms with Gasteiger partial charge in [-0.3, -0.25) is 4.79 Å². The van der Waals surface area contributed by atoms with E-state index in [0.717, 1.165) is 41.2 Å². The summed E-state index contributed by atoms with van der Waals surface area (Å²) in [6, 6.07) is 0. The lowest BCUT2D eigenvalue weighted by atomic mass is 10.2. The van der Waals surface area contributed by atoms with Crippen molar-refractivity contribution in [1.82, 2.24) is 14.6 Å². The number of rotatable bonds is 4. The highest BCUT2D eigenvalue weighted by molar-refractivity contribution is 7.16. The van der Waals surface area contributed by atoms with E-state index in [9.17, 15) is 4.79 Å². The minimum absolute atomic E-state index is 0.614. The summed E-state index contributed by atoms with van der Waals surface area (Å²) >= 11 is 1.56. The SMILES string of the molecule is CCCc1nc2sc(CC)nn2c1C=O. The normalized spacial score (nSPS) is 11.1. The Morgan fingerprint density at radius 1 is 1.47 bits per heavy atom. The van der Waals surface area contributed by atoms with Crippen LogP contribution in [0, 0.1) is 0 Å². The van der Waals surface area contributed by atoms with Crippen LogP contribution in [0.1, 0.15) is 41.5 Å². The van der Waals surface area contributed by atoms with Gasteiger partial charge in [-0.15, -0.1) is 0 Å². The highest BCUT2D eigenvalue weighted by atomic mass is 32.1. The molecular weight excluding hydrogens is 210 g/mol. The Morgan fingerprint density at radius 3 is 2.87 bits per heavy atom. The average molecular weight is 223 g/mol. The Bertz CT molecular complexity index is 486. The molecule has 0 unspecified atom stereocenters. The second-order valence-corrected chi connectivity index (χ2v) is 4.40. The Hall–Kier alpha value is -1.23. The minimum atomic E-state index is 0.614. The molecule has 2 rings (SSSR count). The number of aldehydes is 1. The molecule has 0 N–H and O–H groups in total. The van der Waals surface area contributed by atoms with Crippen molar-refractivity contribution in [2.45, 2.75) is 33.1 Å². The van der Waals surface area contributed by atoms with Crippen LogP contribution in [0.3, 0.4) is 0 Å². The molecule has 0 aliphatic rings. The topological polar surface area (TPSA) is 47.3 Å². The highest BCUT2D eigenvalue weighted by Gasteiger charge is 2.14. The largest absolute Gasteiger partial charge is 0.296 e. The number of carbonyl (C=O) groups is 1. The Morgan fingerprint density at radius 2 is 2.27 bits per heavy atom. The van der Waals surface area contributed by atoms with Crippen molar-refractivity contribution in [1.29, 1.82) is 0 Å². The minimum Gasteiger partial charge on any atom is -0.296 e. The number of aryl methyl sites for hydroxylation is 2. The zero-order valence-electron chi connectivity index (χ0n) is 8.86. The molecule has 2 aromatic heterocycles. The van der Waals surface area contributed by atoms with Gasteiger partial charge in [-0.2, -0.15) is 9.61 Å². The van der Waals surface area contributed by atoms with Crippen LogP contribution in [-0.2, 0) is 12.8 Å². The third-order valence-electron chi connectivity index (χ3n) is 2.26. The summed E-state index contributed by atoms with van der Waals surface area (Å²) in [5.41, 5.74) is 1.48. The summed E-state index contributed by atoms with van der Waals surface area (Å²) in [6.07, 6.45) is 3.57. The van der Waals surface area contributed by atoms with E-state index >= 15 is 0 Å². The van der Waals surface area contributed by atoms with Crippen LogP contribution in [-0.4, -0.2) is 20.9 Å². The van der Waals surface area contributed by atoms with Crippen LogP contribution < -0.4 is 0 Å². The van der Waals surface area contributed by atoms with Gasteiger partial charge < -0.3 is 0 Å². The first-order valence-electron chi connectivity index (χ1n) is 5.12. The number of nitrogens with zero attached hydrogens (tertiary/aromatic N) is 3. The molecule has 2 heterocycles. The lowest BCUT2D eigenvalue weighted by Gasteiger charge is -1.92. The maximum Gasteiger partial charge on any atom is 0.213 e. The van der Waals surface area contributed by atoms with Gasteiger partial charge in [0.2, 0.25) is 4.96 Å². The van der Waals surface area contributed by atoms with Crippen molar-refractivity contribution in [3.05, 3.63) is 16.4 Å². The van der Waals surface area contributed by atoms with Gasteiger partial charge in [-0.1, -0.05) is 31.6 Å². The second-order valence-electron chi connectivity index (χ2n) is 3.36. The van der Waals surface area contributed by atoms with Crippen LogP contribution in [0.4, 0.5) is 0 Å². The zero-order valence-corrected chi connectivity index (χ0v) is 9.67. The van der Waals surface area contributed by atoms with E-state index in [1.807, 2.05) is 6.92 Å². The molecule has 80 valence electrons. The van der Waals surface area contributed by atoms with Crippen LogP contribution >= 0.6 is 11.3 Å². The summed E-state index contributed by atoms with van der Waals surface area (Å²) in [7, 11) is 0. The fraction of sp³-hybridized carbons (Fsp3) is 0.500. The molecule has 0 aromatic carbocycles. The number of aromatic nitrogens is 3. The van der Waals surface area contributed by atoms with E-state index in [4.69, 9.17) is 0 Å². The molecule has 0 saturated carbocycles. The summed E-state index contributed by atoms with van der Waals surface area (Å²) in [5.74, 6) is 0. The van der Waals surface area contributed by atoms with Gasteiger partial charge in [-0.05, 0) is 12.8 Å². The standard InChI is InChI=1S/C10H13N3OS/c1-3-5-7-8(6-14)13-10(11-7)15-9(4-2)12-13/h6H,3-5H2,1-2H3. The molecule has 0 fully saturated rings. The van der Waals surface area contributed by atoms with Gasteiger partial charge in [0.05, 0.1) is 5.69 Å². The number of hydrogen-bond donors (Lipinski definition) is 0. The zero-order chi connectivity index (χ0) is 10.8. The number of carbonyl (C=O) groups excluding carboxylic acids is 1. The number of hydrogen-bond acceptors (Lipinski definition) is 4. The molecule has 5 heteroatoms. The lowest BCUT2D eigenvalue weighted by molar-refractivity contribution is 0.111. The molecular formula is C10H13N3OS. The third-order valence-corrected chi connectivity index (χ3v) is 3.31. The molecule has 0 spiro atoms.